The monoisotopic (exact) mass is 402 g/mol. The second-order valence-electron chi connectivity index (χ2n) is 5.70. The molecule has 0 fully saturated rings. The van der Waals surface area contributed by atoms with Crippen LogP contribution in [0.15, 0.2) is 38.8 Å². The van der Waals surface area contributed by atoms with E-state index in [2.05, 4.69) is 0 Å². The molecule has 0 unspecified atom stereocenters. The first-order valence-corrected chi connectivity index (χ1v) is 11.4. The highest BCUT2D eigenvalue weighted by molar-refractivity contribution is 8.01. The quantitative estimate of drug-likeness (QED) is 0.632. The molecule has 130 valence electrons. The summed E-state index contributed by atoms with van der Waals surface area (Å²) in [6.07, 6.45) is 2.21. The highest BCUT2D eigenvalue weighted by atomic mass is 35.5. The molecule has 0 aliphatic carbocycles. The number of carbonyl (C=O) groups excluding carboxylic acids is 1. The van der Waals surface area contributed by atoms with Gasteiger partial charge in [0.15, 0.2) is 9.84 Å². The normalized spacial score (nSPS) is 11.9. The number of Topliss-reactive ketones (excluding diaryl/α,β-unsaturated/α-hetero) is 1. The standard InChI is InChI=1S/C17H19ClO3S3/c1-11(2)24(20,21)16-13(10-23-17(16)22-3)9-15(19)8-12-5-4-6-14(18)7-12/h4-7,10-11H,8-9H2,1-3H3. The lowest BCUT2D eigenvalue weighted by Gasteiger charge is -2.11. The van der Waals surface area contributed by atoms with E-state index >= 15 is 0 Å². The van der Waals surface area contributed by atoms with Gasteiger partial charge in [-0.1, -0.05) is 23.7 Å². The first kappa shape index (κ1) is 19.5. The van der Waals surface area contributed by atoms with Crippen LogP contribution >= 0.6 is 34.7 Å². The van der Waals surface area contributed by atoms with Crippen LogP contribution < -0.4 is 0 Å². The van der Waals surface area contributed by atoms with E-state index in [1.807, 2.05) is 12.3 Å². The molecule has 2 aromatic rings. The SMILES string of the molecule is CSc1scc(CC(=O)Cc2cccc(Cl)c2)c1S(=O)(=O)C(C)C. The number of sulfone groups is 1. The van der Waals surface area contributed by atoms with Crippen LogP contribution in [0, 0.1) is 0 Å². The van der Waals surface area contributed by atoms with Crippen LogP contribution in [0.4, 0.5) is 0 Å². The molecule has 0 spiro atoms. The van der Waals surface area contributed by atoms with Crippen LogP contribution in [0.1, 0.15) is 25.0 Å². The Morgan fingerprint density at radius 1 is 1.29 bits per heavy atom. The topological polar surface area (TPSA) is 51.2 Å². The van der Waals surface area contributed by atoms with Crippen molar-refractivity contribution < 1.29 is 13.2 Å². The number of benzene rings is 1. The summed E-state index contributed by atoms with van der Waals surface area (Å²) in [5.74, 6) is -0.0251. The molecule has 0 saturated heterocycles. The van der Waals surface area contributed by atoms with Gasteiger partial charge < -0.3 is 0 Å². The van der Waals surface area contributed by atoms with Crippen molar-refractivity contribution >= 4 is 50.3 Å². The van der Waals surface area contributed by atoms with Gasteiger partial charge in [0.1, 0.15) is 5.78 Å². The fraction of sp³-hybridized carbons (Fsp3) is 0.353. The summed E-state index contributed by atoms with van der Waals surface area (Å²) >= 11 is 8.72. The molecule has 3 nitrogen and oxygen atoms in total. The Balaban J connectivity index is 2.27. The third kappa shape index (κ3) is 4.42. The van der Waals surface area contributed by atoms with Crippen LogP contribution in [0.3, 0.4) is 0 Å². The third-order valence-electron chi connectivity index (χ3n) is 3.55. The Kier molecular flexibility index (Phi) is 6.53. The molecule has 0 atom stereocenters. The summed E-state index contributed by atoms with van der Waals surface area (Å²) < 4.78 is 26.0. The lowest BCUT2D eigenvalue weighted by atomic mass is 10.0. The summed E-state index contributed by atoms with van der Waals surface area (Å²) in [6.45, 7) is 3.32. The van der Waals surface area contributed by atoms with Gasteiger partial charge in [0.25, 0.3) is 0 Å². The summed E-state index contributed by atoms with van der Waals surface area (Å²) in [7, 11) is -3.42. The Morgan fingerprint density at radius 2 is 2.00 bits per heavy atom. The second-order valence-corrected chi connectivity index (χ2v) is 10.5. The third-order valence-corrected chi connectivity index (χ3v) is 8.51. The van der Waals surface area contributed by atoms with Gasteiger partial charge in [0.2, 0.25) is 0 Å². The Morgan fingerprint density at radius 3 is 2.58 bits per heavy atom. The Hall–Kier alpha value is -0.820. The molecule has 0 radical (unpaired) electrons. The number of rotatable bonds is 7. The van der Waals surface area contributed by atoms with Gasteiger partial charge in [-0.05, 0) is 48.7 Å². The molecular weight excluding hydrogens is 384 g/mol. The minimum absolute atomic E-state index is 0.0251. The number of ketones is 1. The van der Waals surface area contributed by atoms with E-state index in [1.165, 1.54) is 23.1 Å². The predicted molar refractivity (Wildman–Crippen MR) is 102 cm³/mol. The molecule has 0 aliphatic heterocycles. The molecule has 0 amide bonds. The molecule has 0 bridgehead atoms. The van der Waals surface area contributed by atoms with Crippen LogP contribution in [0.25, 0.3) is 0 Å². The van der Waals surface area contributed by atoms with Crippen molar-refractivity contribution in [1.29, 1.82) is 0 Å². The smallest absolute Gasteiger partial charge is 0.182 e. The van der Waals surface area contributed by atoms with E-state index in [1.54, 1.807) is 37.4 Å². The van der Waals surface area contributed by atoms with E-state index in [-0.39, 0.29) is 18.6 Å². The van der Waals surface area contributed by atoms with Crippen molar-refractivity contribution in [3.63, 3.8) is 0 Å². The maximum Gasteiger partial charge on any atom is 0.182 e. The van der Waals surface area contributed by atoms with Gasteiger partial charge in [0, 0.05) is 17.9 Å². The second kappa shape index (κ2) is 8.04. The van der Waals surface area contributed by atoms with Crippen LogP contribution in [0.5, 0.6) is 0 Å². The van der Waals surface area contributed by atoms with Crippen molar-refractivity contribution in [1.82, 2.24) is 0 Å². The van der Waals surface area contributed by atoms with E-state index < -0.39 is 15.1 Å². The number of thioether (sulfide) groups is 1. The molecule has 0 aliphatic rings. The van der Waals surface area contributed by atoms with Crippen LogP contribution in [-0.2, 0) is 27.5 Å². The fourth-order valence-corrected chi connectivity index (χ4v) is 6.42. The van der Waals surface area contributed by atoms with Crippen molar-refractivity contribution in [3.8, 4) is 0 Å². The molecule has 1 aromatic carbocycles. The average Bonchev–Trinajstić information content (AvgIpc) is 2.90. The lowest BCUT2D eigenvalue weighted by Crippen LogP contribution is -2.17. The molecule has 0 saturated carbocycles. The summed E-state index contributed by atoms with van der Waals surface area (Å²) in [6, 6.07) is 7.16. The molecule has 0 N–H and O–H groups in total. The maximum absolute atomic E-state index is 12.6. The number of halogens is 1. The molecule has 1 heterocycles. The number of hydrogen-bond acceptors (Lipinski definition) is 5. The van der Waals surface area contributed by atoms with Crippen molar-refractivity contribution in [2.24, 2.45) is 0 Å². The highest BCUT2D eigenvalue weighted by Crippen LogP contribution is 2.36. The van der Waals surface area contributed by atoms with E-state index in [4.69, 9.17) is 11.6 Å². The molecule has 1 aromatic heterocycles. The van der Waals surface area contributed by atoms with Crippen LogP contribution in [-0.4, -0.2) is 25.7 Å². The highest BCUT2D eigenvalue weighted by Gasteiger charge is 2.28. The molecule has 2 rings (SSSR count). The summed E-state index contributed by atoms with van der Waals surface area (Å²) in [5, 5.41) is 1.86. The van der Waals surface area contributed by atoms with E-state index in [0.29, 0.717) is 15.5 Å². The fourth-order valence-electron chi connectivity index (χ4n) is 2.31. The van der Waals surface area contributed by atoms with E-state index in [0.717, 1.165) is 9.77 Å². The molecular formula is C17H19ClO3S3. The van der Waals surface area contributed by atoms with Crippen LogP contribution in [0.2, 0.25) is 5.02 Å². The van der Waals surface area contributed by atoms with Gasteiger partial charge in [-0.15, -0.1) is 23.1 Å². The minimum atomic E-state index is -3.42. The molecule has 24 heavy (non-hydrogen) atoms. The van der Waals surface area contributed by atoms with Crippen molar-refractivity contribution in [2.75, 3.05) is 6.26 Å². The van der Waals surface area contributed by atoms with Gasteiger partial charge in [-0.25, -0.2) is 8.42 Å². The Bertz CT molecular complexity index is 839. The molecule has 7 heteroatoms. The van der Waals surface area contributed by atoms with Crippen molar-refractivity contribution in [3.05, 3.63) is 45.8 Å². The number of hydrogen-bond donors (Lipinski definition) is 0. The van der Waals surface area contributed by atoms with E-state index in [9.17, 15) is 13.2 Å². The minimum Gasteiger partial charge on any atom is -0.299 e. The predicted octanol–water partition coefficient (Wildman–Crippen LogP) is 4.66. The van der Waals surface area contributed by atoms with Gasteiger partial charge in [-0.2, -0.15) is 0 Å². The Labute approximate surface area is 156 Å². The largest absolute Gasteiger partial charge is 0.299 e. The zero-order valence-electron chi connectivity index (χ0n) is 13.7. The average molecular weight is 403 g/mol. The lowest BCUT2D eigenvalue weighted by molar-refractivity contribution is -0.117. The number of carbonyl (C=O) groups is 1. The maximum atomic E-state index is 12.6. The van der Waals surface area contributed by atoms with Gasteiger partial charge in [-0.3, -0.25) is 4.79 Å². The zero-order chi connectivity index (χ0) is 17.9. The zero-order valence-corrected chi connectivity index (χ0v) is 16.9. The van der Waals surface area contributed by atoms with Gasteiger partial charge >= 0.3 is 0 Å². The van der Waals surface area contributed by atoms with Crippen molar-refractivity contribution in [2.45, 2.75) is 41.0 Å². The first-order chi connectivity index (χ1) is 11.3. The number of thiophene rings is 1. The summed E-state index contributed by atoms with van der Waals surface area (Å²) in [4.78, 5) is 12.7. The first-order valence-electron chi connectivity index (χ1n) is 7.40. The summed E-state index contributed by atoms with van der Waals surface area (Å²) in [5.41, 5.74) is 1.44. The van der Waals surface area contributed by atoms with Gasteiger partial charge in [0.05, 0.1) is 14.4 Å².